The van der Waals surface area contributed by atoms with E-state index < -0.39 is 10.0 Å². The minimum absolute atomic E-state index is 0.185. The first kappa shape index (κ1) is 20.2. The van der Waals surface area contributed by atoms with Gasteiger partial charge in [0, 0.05) is 33.3 Å². The smallest absolute Gasteiger partial charge is 0.248 e. The van der Waals surface area contributed by atoms with Gasteiger partial charge in [0.15, 0.2) is 0 Å². The van der Waals surface area contributed by atoms with E-state index in [0.29, 0.717) is 24.5 Å². The maximum absolute atomic E-state index is 13.0. The highest BCUT2D eigenvalue weighted by Gasteiger charge is 2.26. The summed E-state index contributed by atoms with van der Waals surface area (Å²) in [6.07, 6.45) is 7.22. The van der Waals surface area contributed by atoms with Gasteiger partial charge in [-0.25, -0.2) is 8.42 Å². The average Bonchev–Trinajstić information content (AvgIpc) is 3.20. The molecule has 1 N–H and O–H groups in total. The molecule has 1 fully saturated rings. The number of hydrogen-bond donors (Lipinski definition) is 1. The molecule has 1 aliphatic heterocycles. The molecule has 0 atom stereocenters. The number of carbonyl (C=O) groups excluding carboxylic acids is 1. The summed E-state index contributed by atoms with van der Waals surface area (Å²) in [5.74, 6) is 0.191. The zero-order valence-corrected chi connectivity index (χ0v) is 16.9. The van der Waals surface area contributed by atoms with Gasteiger partial charge in [-0.15, -0.1) is 0 Å². The number of piperidine rings is 1. The van der Waals surface area contributed by atoms with Crippen LogP contribution in [0.25, 0.3) is 6.08 Å². The van der Waals surface area contributed by atoms with E-state index in [4.69, 9.17) is 4.42 Å². The minimum atomic E-state index is -3.58. The number of nitrogens with one attached hydrogen (secondary N) is 1. The maximum Gasteiger partial charge on any atom is 0.248 e. The van der Waals surface area contributed by atoms with Crippen molar-refractivity contribution in [3.8, 4) is 0 Å². The molecule has 28 heavy (non-hydrogen) atoms. The zero-order chi connectivity index (χ0) is 20.1. The number of carbonyl (C=O) groups is 1. The predicted molar refractivity (Wildman–Crippen MR) is 110 cm³/mol. The Morgan fingerprint density at radius 1 is 1.18 bits per heavy atom. The van der Waals surface area contributed by atoms with E-state index in [1.54, 1.807) is 30.3 Å². The van der Waals surface area contributed by atoms with Crippen LogP contribution in [-0.4, -0.2) is 45.8 Å². The van der Waals surface area contributed by atoms with Crippen LogP contribution in [0.1, 0.15) is 25.0 Å². The standard InChI is InChI=1S/C20H25N3O4S/c1-22(2)19-10-9-17(28(25,26)23-12-4-3-5-13-23)15-18(19)21-20(24)11-8-16-7-6-14-27-16/h6-11,14-15H,3-5,12-13H2,1-2H3,(H,21,24). The summed E-state index contributed by atoms with van der Waals surface area (Å²) in [4.78, 5) is 14.3. The van der Waals surface area contributed by atoms with Gasteiger partial charge in [-0.2, -0.15) is 4.31 Å². The lowest BCUT2D eigenvalue weighted by Crippen LogP contribution is -2.35. The fraction of sp³-hybridized carbons (Fsp3) is 0.350. The molecular formula is C20H25N3O4S. The van der Waals surface area contributed by atoms with Crippen LogP contribution < -0.4 is 10.2 Å². The summed E-state index contributed by atoms with van der Waals surface area (Å²) in [7, 11) is 0.0916. The second-order valence-electron chi connectivity index (χ2n) is 6.88. The second kappa shape index (κ2) is 8.62. The summed E-state index contributed by atoms with van der Waals surface area (Å²) in [6, 6.07) is 8.30. The molecule has 1 aromatic heterocycles. The number of amides is 1. The van der Waals surface area contributed by atoms with Gasteiger partial charge < -0.3 is 14.6 Å². The van der Waals surface area contributed by atoms with E-state index in [9.17, 15) is 13.2 Å². The van der Waals surface area contributed by atoms with Crippen molar-refractivity contribution in [2.75, 3.05) is 37.4 Å². The highest BCUT2D eigenvalue weighted by molar-refractivity contribution is 7.89. The number of sulfonamides is 1. The van der Waals surface area contributed by atoms with Crippen molar-refractivity contribution in [1.29, 1.82) is 0 Å². The number of nitrogens with zero attached hydrogens (tertiary/aromatic N) is 2. The van der Waals surface area contributed by atoms with Gasteiger partial charge in [0.2, 0.25) is 15.9 Å². The maximum atomic E-state index is 13.0. The van der Waals surface area contributed by atoms with E-state index in [1.807, 2.05) is 19.0 Å². The van der Waals surface area contributed by atoms with Crippen molar-refractivity contribution >= 4 is 33.4 Å². The molecular weight excluding hydrogens is 378 g/mol. The summed E-state index contributed by atoms with van der Waals surface area (Å²) in [6.45, 7) is 1.07. The van der Waals surface area contributed by atoms with Crippen molar-refractivity contribution in [2.24, 2.45) is 0 Å². The van der Waals surface area contributed by atoms with Crippen LogP contribution in [0.5, 0.6) is 0 Å². The molecule has 150 valence electrons. The Morgan fingerprint density at radius 2 is 1.93 bits per heavy atom. The SMILES string of the molecule is CN(C)c1ccc(S(=O)(=O)N2CCCCC2)cc1NC(=O)C=Cc1ccco1. The monoisotopic (exact) mass is 403 g/mol. The lowest BCUT2D eigenvalue weighted by atomic mass is 10.2. The molecule has 1 aromatic carbocycles. The fourth-order valence-corrected chi connectivity index (χ4v) is 4.68. The number of benzene rings is 1. The molecule has 8 heteroatoms. The lowest BCUT2D eigenvalue weighted by molar-refractivity contribution is -0.111. The Kier molecular flexibility index (Phi) is 6.21. The van der Waals surface area contributed by atoms with Gasteiger partial charge >= 0.3 is 0 Å². The van der Waals surface area contributed by atoms with Gasteiger partial charge in [0.1, 0.15) is 5.76 Å². The minimum Gasteiger partial charge on any atom is -0.465 e. The molecule has 2 heterocycles. The summed E-state index contributed by atoms with van der Waals surface area (Å²) >= 11 is 0. The molecule has 7 nitrogen and oxygen atoms in total. The van der Waals surface area contributed by atoms with Crippen molar-refractivity contribution in [3.63, 3.8) is 0 Å². The van der Waals surface area contributed by atoms with Gasteiger partial charge in [-0.05, 0) is 49.2 Å². The Morgan fingerprint density at radius 3 is 2.57 bits per heavy atom. The largest absolute Gasteiger partial charge is 0.465 e. The van der Waals surface area contributed by atoms with E-state index in [1.165, 1.54) is 22.7 Å². The second-order valence-corrected chi connectivity index (χ2v) is 8.81. The highest BCUT2D eigenvalue weighted by atomic mass is 32.2. The van der Waals surface area contributed by atoms with Crippen LogP contribution in [0, 0.1) is 0 Å². The fourth-order valence-electron chi connectivity index (χ4n) is 3.14. The first-order valence-corrected chi connectivity index (χ1v) is 10.7. The third kappa shape index (κ3) is 4.63. The molecule has 0 spiro atoms. The van der Waals surface area contributed by atoms with Gasteiger partial charge in [-0.1, -0.05) is 6.42 Å². The Labute approximate surface area is 165 Å². The number of anilines is 2. The van der Waals surface area contributed by atoms with Crippen molar-refractivity contribution in [1.82, 2.24) is 4.31 Å². The Balaban J connectivity index is 1.86. The van der Waals surface area contributed by atoms with Gasteiger partial charge in [0.05, 0.1) is 22.5 Å². The van der Waals surface area contributed by atoms with Crippen LogP contribution >= 0.6 is 0 Å². The lowest BCUT2D eigenvalue weighted by Gasteiger charge is -2.26. The highest BCUT2D eigenvalue weighted by Crippen LogP contribution is 2.30. The Hall–Kier alpha value is -2.58. The van der Waals surface area contributed by atoms with Crippen LogP contribution in [0.15, 0.2) is 52.0 Å². The molecule has 1 amide bonds. The summed E-state index contributed by atoms with van der Waals surface area (Å²) < 4.78 is 32.6. The molecule has 2 aromatic rings. The number of hydrogen-bond acceptors (Lipinski definition) is 5. The van der Waals surface area contributed by atoms with Crippen LogP contribution in [0.4, 0.5) is 11.4 Å². The molecule has 1 aliphatic rings. The van der Waals surface area contributed by atoms with E-state index in [-0.39, 0.29) is 10.8 Å². The molecule has 0 bridgehead atoms. The Bertz CT molecular complexity index is 944. The van der Waals surface area contributed by atoms with Gasteiger partial charge in [0.25, 0.3) is 0 Å². The quantitative estimate of drug-likeness (QED) is 0.749. The number of rotatable bonds is 6. The molecule has 0 saturated carbocycles. The van der Waals surface area contributed by atoms with E-state index in [0.717, 1.165) is 24.9 Å². The van der Waals surface area contributed by atoms with Crippen molar-refractivity contribution < 1.29 is 17.6 Å². The molecule has 3 rings (SSSR count). The van der Waals surface area contributed by atoms with E-state index >= 15 is 0 Å². The number of furan rings is 1. The first-order valence-electron chi connectivity index (χ1n) is 9.22. The normalized spacial score (nSPS) is 15.6. The van der Waals surface area contributed by atoms with E-state index in [2.05, 4.69) is 5.32 Å². The third-order valence-corrected chi connectivity index (χ3v) is 6.50. The van der Waals surface area contributed by atoms with Crippen LogP contribution in [0.3, 0.4) is 0 Å². The summed E-state index contributed by atoms with van der Waals surface area (Å²) in [5.41, 5.74) is 1.16. The van der Waals surface area contributed by atoms with Crippen molar-refractivity contribution in [2.45, 2.75) is 24.2 Å². The summed E-state index contributed by atoms with van der Waals surface area (Å²) in [5, 5.41) is 2.78. The molecule has 1 saturated heterocycles. The predicted octanol–water partition coefficient (Wildman–Crippen LogP) is 3.17. The molecule has 0 unspecified atom stereocenters. The van der Waals surface area contributed by atoms with Crippen LogP contribution in [-0.2, 0) is 14.8 Å². The average molecular weight is 404 g/mol. The molecule has 0 aliphatic carbocycles. The molecule has 0 radical (unpaired) electrons. The van der Waals surface area contributed by atoms with Crippen molar-refractivity contribution in [3.05, 3.63) is 48.4 Å². The third-order valence-electron chi connectivity index (χ3n) is 4.60. The van der Waals surface area contributed by atoms with Gasteiger partial charge in [-0.3, -0.25) is 4.79 Å². The topological polar surface area (TPSA) is 82.9 Å². The zero-order valence-electron chi connectivity index (χ0n) is 16.1. The first-order chi connectivity index (χ1) is 13.4. The van der Waals surface area contributed by atoms with Crippen LogP contribution in [0.2, 0.25) is 0 Å².